The Morgan fingerprint density at radius 2 is 2.07 bits per heavy atom. The van der Waals surface area contributed by atoms with Crippen LogP contribution in [0, 0.1) is 11.8 Å². The lowest BCUT2D eigenvalue weighted by molar-refractivity contribution is -0.114. The number of ketones is 1. The minimum Gasteiger partial charge on any atom is -0.358 e. The zero-order valence-corrected chi connectivity index (χ0v) is 15.7. The Balaban J connectivity index is 1.63. The number of H-pyrrole nitrogens is 1. The fraction of sp³-hybridized carbons (Fsp3) is 0.261. The van der Waals surface area contributed by atoms with E-state index in [0.717, 1.165) is 40.9 Å². The van der Waals surface area contributed by atoms with Crippen LogP contribution in [0.1, 0.15) is 40.5 Å². The number of benzene rings is 1. The predicted molar refractivity (Wildman–Crippen MR) is 107 cm³/mol. The molecular weight excluding hydrogens is 350 g/mol. The van der Waals surface area contributed by atoms with E-state index in [1.54, 1.807) is 6.20 Å². The highest BCUT2D eigenvalue weighted by atomic mass is 16.1. The molecule has 3 aromatic rings. The van der Waals surface area contributed by atoms with Gasteiger partial charge in [-0.1, -0.05) is 30.3 Å². The summed E-state index contributed by atoms with van der Waals surface area (Å²) >= 11 is 0. The lowest BCUT2D eigenvalue weighted by Gasteiger charge is -2.12. The summed E-state index contributed by atoms with van der Waals surface area (Å²) in [6.45, 7) is 1.47. The minimum absolute atomic E-state index is 0.157. The zero-order valence-electron chi connectivity index (χ0n) is 15.7. The predicted octanol–water partition coefficient (Wildman–Crippen LogP) is 4.00. The average molecular weight is 371 g/mol. The maximum atomic E-state index is 13.0. The van der Waals surface area contributed by atoms with Gasteiger partial charge in [0, 0.05) is 42.3 Å². The molecule has 5 rings (SSSR count). The molecule has 1 fully saturated rings. The van der Waals surface area contributed by atoms with Crippen LogP contribution in [0.25, 0.3) is 11.3 Å². The maximum absolute atomic E-state index is 13.0. The van der Waals surface area contributed by atoms with Gasteiger partial charge in [-0.3, -0.25) is 9.59 Å². The molecule has 2 aliphatic rings. The van der Waals surface area contributed by atoms with Crippen molar-refractivity contribution in [2.75, 3.05) is 5.32 Å². The molecular formula is C23H21N3O2. The Kier molecular flexibility index (Phi) is 3.90. The number of nitrogens with one attached hydrogen (secondary N) is 2. The highest BCUT2D eigenvalue weighted by Crippen LogP contribution is 2.50. The number of nitrogens with zero attached hydrogens (tertiary/aromatic N) is 1. The fourth-order valence-corrected chi connectivity index (χ4v) is 4.35. The third-order valence-corrected chi connectivity index (χ3v) is 5.73. The van der Waals surface area contributed by atoms with Gasteiger partial charge in [0.25, 0.3) is 0 Å². The first-order valence-corrected chi connectivity index (χ1v) is 9.66. The molecule has 140 valence electrons. The van der Waals surface area contributed by atoms with Gasteiger partial charge in [0.15, 0.2) is 5.78 Å². The number of fused-ring (bicyclic) bond motifs is 2. The smallest absolute Gasteiger partial charge is 0.222 e. The number of carbonyl (C=O) groups excluding carboxylic acids is 2. The summed E-state index contributed by atoms with van der Waals surface area (Å²) in [5, 5.41) is 2.74. The Morgan fingerprint density at radius 3 is 2.86 bits per heavy atom. The molecule has 2 N–H and O–H groups in total. The minimum atomic E-state index is -0.157. The van der Waals surface area contributed by atoms with Crippen LogP contribution in [-0.4, -0.2) is 21.7 Å². The summed E-state index contributed by atoms with van der Waals surface area (Å²) < 4.78 is 0. The Bertz CT molecular complexity index is 1080. The number of aromatic amines is 1. The number of hydrogen-bond donors (Lipinski definition) is 2. The Morgan fingerprint density at radius 1 is 1.25 bits per heavy atom. The molecule has 0 spiro atoms. The molecule has 2 aromatic heterocycles. The van der Waals surface area contributed by atoms with E-state index in [9.17, 15) is 9.59 Å². The number of pyridine rings is 1. The highest BCUT2D eigenvalue weighted by Gasteiger charge is 2.49. The topological polar surface area (TPSA) is 74.8 Å². The molecule has 2 heterocycles. The molecule has 1 aromatic carbocycles. The molecule has 0 saturated heterocycles. The van der Waals surface area contributed by atoms with Gasteiger partial charge in [-0.15, -0.1) is 0 Å². The van der Waals surface area contributed by atoms with Crippen LogP contribution in [-0.2, 0) is 17.6 Å². The van der Waals surface area contributed by atoms with Crippen molar-refractivity contribution in [1.82, 2.24) is 9.97 Å². The Labute approximate surface area is 163 Å². The Hall–Kier alpha value is -3.21. The number of anilines is 1. The molecule has 1 amide bonds. The van der Waals surface area contributed by atoms with Crippen LogP contribution < -0.4 is 5.32 Å². The molecule has 0 bridgehead atoms. The molecule has 2 aliphatic carbocycles. The lowest BCUT2D eigenvalue weighted by atomic mass is 9.89. The van der Waals surface area contributed by atoms with Crippen LogP contribution in [0.3, 0.4) is 0 Å². The number of hydrogen-bond acceptors (Lipinski definition) is 3. The standard InChI is InChI=1S/C23H21N3O2/c1-13(27)25-20-12-15(7-8-24-20)22-18(9-14-5-3-2-4-6-14)21-19(26-22)11-16-10-17(16)23(21)28/h2-8,12,16-17,26H,9-11H2,1H3,(H,24,25,27)/t16-,17-/m1/s1. The van der Waals surface area contributed by atoms with Gasteiger partial charge in [-0.05, 0) is 42.0 Å². The largest absolute Gasteiger partial charge is 0.358 e. The monoisotopic (exact) mass is 371 g/mol. The van der Waals surface area contributed by atoms with Crippen molar-refractivity contribution >= 4 is 17.5 Å². The van der Waals surface area contributed by atoms with Gasteiger partial charge in [-0.25, -0.2) is 4.98 Å². The second-order valence-electron chi connectivity index (χ2n) is 7.78. The van der Waals surface area contributed by atoms with Crippen LogP contribution >= 0.6 is 0 Å². The quantitative estimate of drug-likeness (QED) is 0.728. The number of rotatable bonds is 4. The summed E-state index contributed by atoms with van der Waals surface area (Å²) in [5.41, 5.74) is 6.06. The van der Waals surface area contributed by atoms with E-state index >= 15 is 0 Å². The summed E-state index contributed by atoms with van der Waals surface area (Å²) in [5.74, 6) is 1.35. The van der Waals surface area contributed by atoms with Crippen molar-refractivity contribution in [2.24, 2.45) is 11.8 Å². The average Bonchev–Trinajstić information content (AvgIpc) is 3.37. The molecule has 0 unspecified atom stereocenters. The number of carbonyl (C=O) groups is 2. The SMILES string of the molecule is CC(=O)Nc1cc(-c2[nH]c3c(c2Cc2ccccc2)C(=O)[C@@H]2C[C@@H]2C3)ccn1. The van der Waals surface area contributed by atoms with E-state index in [-0.39, 0.29) is 17.6 Å². The van der Waals surface area contributed by atoms with Gasteiger partial charge < -0.3 is 10.3 Å². The second-order valence-corrected chi connectivity index (χ2v) is 7.78. The highest BCUT2D eigenvalue weighted by molar-refractivity contribution is 6.05. The van der Waals surface area contributed by atoms with Gasteiger partial charge >= 0.3 is 0 Å². The van der Waals surface area contributed by atoms with E-state index in [1.165, 1.54) is 12.5 Å². The van der Waals surface area contributed by atoms with E-state index in [1.807, 2.05) is 30.3 Å². The fourth-order valence-electron chi connectivity index (χ4n) is 4.35. The van der Waals surface area contributed by atoms with Crippen LogP contribution in [0.15, 0.2) is 48.7 Å². The van der Waals surface area contributed by atoms with E-state index in [2.05, 4.69) is 27.4 Å². The van der Waals surface area contributed by atoms with Gasteiger partial charge in [0.2, 0.25) is 5.91 Å². The first-order chi connectivity index (χ1) is 13.6. The summed E-state index contributed by atoms with van der Waals surface area (Å²) in [7, 11) is 0. The normalized spacial score (nSPS) is 19.7. The van der Waals surface area contributed by atoms with E-state index in [0.29, 0.717) is 18.2 Å². The molecule has 5 heteroatoms. The molecule has 0 radical (unpaired) electrons. The van der Waals surface area contributed by atoms with Crippen molar-refractivity contribution in [1.29, 1.82) is 0 Å². The van der Waals surface area contributed by atoms with Crippen molar-refractivity contribution < 1.29 is 9.59 Å². The van der Waals surface area contributed by atoms with Gasteiger partial charge in [0.05, 0.1) is 5.69 Å². The van der Waals surface area contributed by atoms with Crippen molar-refractivity contribution in [3.63, 3.8) is 0 Å². The van der Waals surface area contributed by atoms with Crippen LogP contribution in [0.5, 0.6) is 0 Å². The molecule has 5 nitrogen and oxygen atoms in total. The van der Waals surface area contributed by atoms with E-state index in [4.69, 9.17) is 0 Å². The molecule has 2 atom stereocenters. The number of aromatic nitrogens is 2. The first kappa shape index (κ1) is 16.9. The van der Waals surface area contributed by atoms with Crippen molar-refractivity contribution in [3.8, 4) is 11.3 Å². The van der Waals surface area contributed by atoms with E-state index < -0.39 is 0 Å². The van der Waals surface area contributed by atoms with Crippen LogP contribution in [0.2, 0.25) is 0 Å². The lowest BCUT2D eigenvalue weighted by Crippen LogP contribution is -2.14. The van der Waals surface area contributed by atoms with Crippen LogP contribution in [0.4, 0.5) is 5.82 Å². The molecule has 28 heavy (non-hydrogen) atoms. The van der Waals surface area contributed by atoms with Crippen molar-refractivity contribution in [2.45, 2.75) is 26.2 Å². The molecule has 1 saturated carbocycles. The van der Waals surface area contributed by atoms with Gasteiger partial charge in [0.1, 0.15) is 5.82 Å². The third-order valence-electron chi connectivity index (χ3n) is 5.73. The summed E-state index contributed by atoms with van der Waals surface area (Å²) in [6, 6.07) is 14.0. The zero-order chi connectivity index (χ0) is 19.3. The third kappa shape index (κ3) is 2.93. The van der Waals surface area contributed by atoms with Crippen molar-refractivity contribution in [3.05, 3.63) is 71.0 Å². The summed E-state index contributed by atoms with van der Waals surface area (Å²) in [6.07, 6.45) is 4.34. The maximum Gasteiger partial charge on any atom is 0.222 e. The summed E-state index contributed by atoms with van der Waals surface area (Å²) in [4.78, 5) is 32.2. The number of Topliss-reactive ketones (excluding diaryl/α,β-unsaturated/α-hetero) is 1. The molecule has 0 aliphatic heterocycles. The number of amides is 1. The second kappa shape index (κ2) is 6.44. The first-order valence-electron chi connectivity index (χ1n) is 9.66. The van der Waals surface area contributed by atoms with Gasteiger partial charge in [-0.2, -0.15) is 0 Å².